The molecule has 0 aromatic heterocycles. The van der Waals surface area contributed by atoms with Crippen LogP contribution >= 0.6 is 0 Å². The molecule has 0 unspecified atom stereocenters. The van der Waals surface area contributed by atoms with Gasteiger partial charge in [0.2, 0.25) is 5.91 Å². The lowest BCUT2D eigenvalue weighted by Crippen LogP contribution is -2.48. The van der Waals surface area contributed by atoms with Crippen molar-refractivity contribution in [3.8, 4) is 0 Å². The van der Waals surface area contributed by atoms with Gasteiger partial charge in [-0.05, 0) is 23.8 Å². The van der Waals surface area contributed by atoms with E-state index in [4.69, 9.17) is 0 Å². The van der Waals surface area contributed by atoms with Gasteiger partial charge in [-0.2, -0.15) is 0 Å². The SMILES string of the molecule is CC(C)(CC(=O)NCC1(O)CCS(=O)(=O)CC1)c1ccccc1. The molecule has 1 saturated heterocycles. The summed E-state index contributed by atoms with van der Waals surface area (Å²) in [7, 11) is -3.03. The first-order chi connectivity index (χ1) is 10.6. The van der Waals surface area contributed by atoms with Crippen LogP contribution in [-0.4, -0.2) is 43.1 Å². The lowest BCUT2D eigenvalue weighted by atomic mass is 9.81. The summed E-state index contributed by atoms with van der Waals surface area (Å²) in [5.41, 5.74) is -0.334. The van der Waals surface area contributed by atoms with Crippen LogP contribution in [0.3, 0.4) is 0 Å². The molecule has 1 amide bonds. The minimum atomic E-state index is -3.03. The van der Waals surface area contributed by atoms with Gasteiger partial charge in [-0.25, -0.2) is 8.42 Å². The Morgan fingerprint density at radius 3 is 2.35 bits per heavy atom. The van der Waals surface area contributed by atoms with Crippen LogP contribution in [0.25, 0.3) is 0 Å². The number of hydrogen-bond acceptors (Lipinski definition) is 4. The third-order valence-corrected chi connectivity index (χ3v) is 6.18. The minimum absolute atomic E-state index is 0.0190. The van der Waals surface area contributed by atoms with Crippen molar-refractivity contribution in [2.45, 2.75) is 44.1 Å². The van der Waals surface area contributed by atoms with Gasteiger partial charge >= 0.3 is 0 Å². The smallest absolute Gasteiger partial charge is 0.220 e. The molecule has 1 aromatic rings. The average Bonchev–Trinajstić information content (AvgIpc) is 2.50. The molecule has 1 heterocycles. The standard InChI is InChI=1S/C17H25NO4S/c1-16(2,14-6-4-3-5-7-14)12-15(19)18-13-17(20)8-10-23(21,22)11-9-17/h3-7,20H,8-13H2,1-2H3,(H,18,19). The maximum atomic E-state index is 12.2. The molecule has 1 fully saturated rings. The fourth-order valence-corrected chi connectivity index (χ4v) is 4.40. The van der Waals surface area contributed by atoms with Gasteiger partial charge in [0.15, 0.2) is 9.84 Å². The Kier molecular flexibility index (Phi) is 5.16. The number of rotatable bonds is 5. The van der Waals surface area contributed by atoms with Crippen molar-refractivity contribution in [2.24, 2.45) is 0 Å². The maximum absolute atomic E-state index is 12.2. The third kappa shape index (κ3) is 5.04. The Morgan fingerprint density at radius 2 is 1.78 bits per heavy atom. The average molecular weight is 339 g/mol. The van der Waals surface area contributed by atoms with Gasteiger partial charge in [-0.3, -0.25) is 4.79 Å². The molecule has 1 aliphatic heterocycles. The summed E-state index contributed by atoms with van der Waals surface area (Å²) in [4.78, 5) is 12.2. The zero-order chi connectivity index (χ0) is 17.1. The normalized spacial score (nSPS) is 20.0. The van der Waals surface area contributed by atoms with Crippen LogP contribution in [0.1, 0.15) is 38.7 Å². The van der Waals surface area contributed by atoms with Crippen LogP contribution in [0.15, 0.2) is 30.3 Å². The third-order valence-electron chi connectivity index (χ3n) is 4.53. The highest BCUT2D eigenvalue weighted by atomic mass is 32.2. The highest BCUT2D eigenvalue weighted by molar-refractivity contribution is 7.91. The number of nitrogens with one attached hydrogen (secondary N) is 1. The van der Waals surface area contributed by atoms with E-state index in [0.717, 1.165) is 5.56 Å². The largest absolute Gasteiger partial charge is 0.388 e. The predicted octanol–water partition coefficient (Wildman–Crippen LogP) is 1.41. The van der Waals surface area contributed by atoms with Crippen molar-refractivity contribution < 1.29 is 18.3 Å². The molecule has 128 valence electrons. The van der Waals surface area contributed by atoms with E-state index < -0.39 is 15.4 Å². The first-order valence-electron chi connectivity index (χ1n) is 7.87. The molecule has 0 atom stereocenters. The molecule has 0 spiro atoms. The zero-order valence-corrected chi connectivity index (χ0v) is 14.5. The molecule has 0 aliphatic carbocycles. The Labute approximate surface area is 138 Å². The van der Waals surface area contributed by atoms with Crippen molar-refractivity contribution >= 4 is 15.7 Å². The van der Waals surface area contributed by atoms with Gasteiger partial charge < -0.3 is 10.4 Å². The minimum Gasteiger partial charge on any atom is -0.388 e. The highest BCUT2D eigenvalue weighted by Crippen LogP contribution is 2.27. The van der Waals surface area contributed by atoms with Gasteiger partial charge in [0.05, 0.1) is 17.1 Å². The Morgan fingerprint density at radius 1 is 1.22 bits per heavy atom. The number of aliphatic hydroxyl groups is 1. The van der Waals surface area contributed by atoms with Crippen LogP contribution in [-0.2, 0) is 20.0 Å². The summed E-state index contributed by atoms with van der Waals surface area (Å²) in [6.45, 7) is 4.11. The van der Waals surface area contributed by atoms with Gasteiger partial charge in [-0.1, -0.05) is 44.2 Å². The second-order valence-corrected chi connectivity index (χ2v) is 9.38. The molecule has 2 N–H and O–H groups in total. The van der Waals surface area contributed by atoms with Crippen molar-refractivity contribution in [3.05, 3.63) is 35.9 Å². The van der Waals surface area contributed by atoms with E-state index in [1.54, 1.807) is 0 Å². The second kappa shape index (κ2) is 6.61. The molecule has 23 heavy (non-hydrogen) atoms. The molecule has 0 radical (unpaired) electrons. The van der Waals surface area contributed by atoms with Crippen LogP contribution in [0, 0.1) is 0 Å². The van der Waals surface area contributed by atoms with E-state index in [0.29, 0.717) is 6.42 Å². The fourth-order valence-electron chi connectivity index (χ4n) is 2.81. The van der Waals surface area contributed by atoms with E-state index in [1.807, 2.05) is 44.2 Å². The maximum Gasteiger partial charge on any atom is 0.220 e. The molecule has 0 saturated carbocycles. The number of sulfone groups is 1. The van der Waals surface area contributed by atoms with Crippen LogP contribution in [0.5, 0.6) is 0 Å². The fraction of sp³-hybridized carbons (Fsp3) is 0.588. The Bertz CT molecular complexity index is 638. The zero-order valence-electron chi connectivity index (χ0n) is 13.7. The predicted molar refractivity (Wildman–Crippen MR) is 89.9 cm³/mol. The Hall–Kier alpha value is -1.40. The van der Waals surface area contributed by atoms with E-state index in [1.165, 1.54) is 0 Å². The summed E-state index contributed by atoms with van der Waals surface area (Å²) < 4.78 is 22.8. The number of hydrogen-bond donors (Lipinski definition) is 2. The van der Waals surface area contributed by atoms with Gasteiger partial charge in [-0.15, -0.1) is 0 Å². The molecule has 5 nitrogen and oxygen atoms in total. The van der Waals surface area contributed by atoms with E-state index in [9.17, 15) is 18.3 Å². The van der Waals surface area contributed by atoms with Crippen molar-refractivity contribution in [1.29, 1.82) is 0 Å². The first-order valence-corrected chi connectivity index (χ1v) is 9.69. The lowest BCUT2D eigenvalue weighted by Gasteiger charge is -2.32. The topological polar surface area (TPSA) is 83.5 Å². The van der Waals surface area contributed by atoms with Crippen LogP contribution in [0.2, 0.25) is 0 Å². The number of carbonyl (C=O) groups excluding carboxylic acids is 1. The van der Waals surface area contributed by atoms with Crippen molar-refractivity contribution in [3.63, 3.8) is 0 Å². The monoisotopic (exact) mass is 339 g/mol. The van der Waals surface area contributed by atoms with E-state index >= 15 is 0 Å². The molecular formula is C17H25NO4S. The van der Waals surface area contributed by atoms with Gasteiger partial charge in [0, 0.05) is 13.0 Å². The van der Waals surface area contributed by atoms with Crippen molar-refractivity contribution in [2.75, 3.05) is 18.1 Å². The Balaban J connectivity index is 1.88. The number of carbonyl (C=O) groups is 1. The molecule has 6 heteroatoms. The van der Waals surface area contributed by atoms with E-state index in [-0.39, 0.29) is 42.2 Å². The lowest BCUT2D eigenvalue weighted by molar-refractivity contribution is -0.123. The van der Waals surface area contributed by atoms with Gasteiger partial charge in [0.25, 0.3) is 0 Å². The summed E-state index contributed by atoms with van der Waals surface area (Å²) >= 11 is 0. The molecular weight excluding hydrogens is 314 g/mol. The van der Waals surface area contributed by atoms with Crippen LogP contribution < -0.4 is 5.32 Å². The first kappa shape index (κ1) is 17.9. The highest BCUT2D eigenvalue weighted by Gasteiger charge is 2.36. The number of amides is 1. The quantitative estimate of drug-likeness (QED) is 0.850. The molecule has 1 aromatic carbocycles. The second-order valence-electron chi connectivity index (χ2n) is 7.08. The molecule has 1 aliphatic rings. The molecule has 0 bridgehead atoms. The molecule has 2 rings (SSSR count). The summed E-state index contributed by atoms with van der Waals surface area (Å²) in [6, 6.07) is 9.81. The van der Waals surface area contributed by atoms with Crippen LogP contribution in [0.4, 0.5) is 0 Å². The summed E-state index contributed by atoms with van der Waals surface area (Å²) in [5.74, 6) is -0.176. The van der Waals surface area contributed by atoms with Gasteiger partial charge in [0.1, 0.15) is 0 Å². The van der Waals surface area contributed by atoms with Crippen molar-refractivity contribution in [1.82, 2.24) is 5.32 Å². The van der Waals surface area contributed by atoms with E-state index in [2.05, 4.69) is 5.32 Å². The summed E-state index contributed by atoms with van der Waals surface area (Å²) in [6.07, 6.45) is 0.667. The summed E-state index contributed by atoms with van der Waals surface area (Å²) in [5, 5.41) is 13.2. The number of benzene rings is 1.